The Kier molecular flexibility index (Phi) is 6.50. The SMILES string of the molecule is CCCCCCC1=CN(Cc2ccccc2Br)C(=O)CC1. The van der Waals surface area contributed by atoms with E-state index in [1.165, 1.54) is 31.3 Å². The molecule has 1 aliphatic heterocycles. The summed E-state index contributed by atoms with van der Waals surface area (Å²) in [4.78, 5) is 14.0. The third kappa shape index (κ3) is 4.99. The van der Waals surface area contributed by atoms with Crippen LogP contribution in [0.3, 0.4) is 0 Å². The number of hydrogen-bond donors (Lipinski definition) is 0. The molecule has 0 aliphatic carbocycles. The van der Waals surface area contributed by atoms with Gasteiger partial charge in [0.15, 0.2) is 0 Å². The number of nitrogens with zero attached hydrogens (tertiary/aromatic N) is 1. The molecule has 1 heterocycles. The highest BCUT2D eigenvalue weighted by Crippen LogP contribution is 2.25. The van der Waals surface area contributed by atoms with Crippen molar-refractivity contribution in [3.8, 4) is 0 Å². The quantitative estimate of drug-likeness (QED) is 0.601. The first-order valence-electron chi connectivity index (χ1n) is 7.93. The van der Waals surface area contributed by atoms with Crippen molar-refractivity contribution in [3.05, 3.63) is 46.1 Å². The first kappa shape index (κ1) is 16.3. The van der Waals surface area contributed by atoms with Crippen LogP contribution in [0.25, 0.3) is 0 Å². The van der Waals surface area contributed by atoms with E-state index in [9.17, 15) is 4.79 Å². The molecule has 1 aromatic carbocycles. The number of unbranched alkanes of at least 4 members (excludes halogenated alkanes) is 3. The summed E-state index contributed by atoms with van der Waals surface area (Å²) < 4.78 is 1.07. The second kappa shape index (κ2) is 8.38. The maximum absolute atomic E-state index is 12.1. The number of allylic oxidation sites excluding steroid dienone is 1. The molecule has 21 heavy (non-hydrogen) atoms. The number of benzene rings is 1. The number of carbonyl (C=O) groups is 1. The summed E-state index contributed by atoms with van der Waals surface area (Å²) in [6, 6.07) is 8.12. The highest BCUT2D eigenvalue weighted by Gasteiger charge is 2.19. The minimum Gasteiger partial charge on any atom is -0.315 e. The second-order valence-corrected chi connectivity index (χ2v) is 6.57. The Morgan fingerprint density at radius 2 is 1.95 bits per heavy atom. The minimum absolute atomic E-state index is 0.239. The fourth-order valence-corrected chi connectivity index (χ4v) is 3.09. The van der Waals surface area contributed by atoms with E-state index in [1.54, 1.807) is 0 Å². The molecule has 0 radical (unpaired) electrons. The van der Waals surface area contributed by atoms with Crippen molar-refractivity contribution in [2.75, 3.05) is 0 Å². The predicted molar refractivity (Wildman–Crippen MR) is 90.8 cm³/mol. The Bertz CT molecular complexity index is 510. The molecule has 0 spiro atoms. The van der Waals surface area contributed by atoms with Crippen LogP contribution in [0.15, 0.2) is 40.5 Å². The van der Waals surface area contributed by atoms with Crippen molar-refractivity contribution in [2.24, 2.45) is 0 Å². The zero-order chi connectivity index (χ0) is 15.1. The fraction of sp³-hybridized carbons (Fsp3) is 0.500. The molecule has 1 aromatic rings. The third-order valence-electron chi connectivity index (χ3n) is 3.97. The summed E-state index contributed by atoms with van der Waals surface area (Å²) in [5, 5.41) is 0. The molecule has 0 saturated carbocycles. The van der Waals surface area contributed by atoms with Crippen LogP contribution in [0.1, 0.15) is 57.4 Å². The number of hydrogen-bond acceptors (Lipinski definition) is 1. The van der Waals surface area contributed by atoms with Crippen LogP contribution in [0.5, 0.6) is 0 Å². The van der Waals surface area contributed by atoms with Gasteiger partial charge in [-0.1, -0.05) is 65.9 Å². The van der Waals surface area contributed by atoms with Gasteiger partial charge >= 0.3 is 0 Å². The van der Waals surface area contributed by atoms with Crippen LogP contribution >= 0.6 is 15.9 Å². The van der Waals surface area contributed by atoms with Gasteiger partial charge in [-0.15, -0.1) is 0 Å². The van der Waals surface area contributed by atoms with E-state index < -0.39 is 0 Å². The van der Waals surface area contributed by atoms with Gasteiger partial charge in [-0.2, -0.15) is 0 Å². The van der Waals surface area contributed by atoms with Gasteiger partial charge in [-0.3, -0.25) is 4.79 Å². The van der Waals surface area contributed by atoms with Crippen LogP contribution < -0.4 is 0 Å². The smallest absolute Gasteiger partial charge is 0.227 e. The minimum atomic E-state index is 0.239. The molecule has 2 rings (SSSR count). The van der Waals surface area contributed by atoms with E-state index in [0.29, 0.717) is 13.0 Å². The lowest BCUT2D eigenvalue weighted by Crippen LogP contribution is -2.28. The molecular formula is C18H24BrNO. The third-order valence-corrected chi connectivity index (χ3v) is 4.74. The standard InChI is InChI=1S/C18H24BrNO/c1-2-3-4-5-8-15-11-12-18(21)20(13-15)14-16-9-6-7-10-17(16)19/h6-7,9-10,13H,2-5,8,11-12,14H2,1H3. The van der Waals surface area contributed by atoms with Crippen LogP contribution in [0.4, 0.5) is 0 Å². The van der Waals surface area contributed by atoms with Crippen LogP contribution in [0.2, 0.25) is 0 Å². The normalized spacial score (nSPS) is 15.2. The molecule has 0 aromatic heterocycles. The maximum Gasteiger partial charge on any atom is 0.227 e. The number of carbonyl (C=O) groups excluding carboxylic acids is 1. The molecule has 0 bridgehead atoms. The van der Waals surface area contributed by atoms with E-state index >= 15 is 0 Å². The van der Waals surface area contributed by atoms with Gasteiger partial charge in [0.05, 0.1) is 6.54 Å². The average Bonchev–Trinajstić information content (AvgIpc) is 2.49. The summed E-state index contributed by atoms with van der Waals surface area (Å²) in [6.45, 7) is 2.90. The maximum atomic E-state index is 12.1. The Balaban J connectivity index is 1.97. The largest absolute Gasteiger partial charge is 0.315 e. The van der Waals surface area contributed by atoms with E-state index in [1.807, 2.05) is 23.1 Å². The number of rotatable bonds is 7. The molecule has 3 heteroatoms. The molecule has 0 N–H and O–H groups in total. The van der Waals surface area contributed by atoms with E-state index in [2.05, 4.69) is 35.1 Å². The molecular weight excluding hydrogens is 326 g/mol. The zero-order valence-electron chi connectivity index (χ0n) is 12.8. The molecule has 2 nitrogen and oxygen atoms in total. The number of halogens is 1. The summed E-state index contributed by atoms with van der Waals surface area (Å²) in [5.41, 5.74) is 2.59. The van der Waals surface area contributed by atoms with Crippen molar-refractivity contribution in [2.45, 2.75) is 58.4 Å². The van der Waals surface area contributed by atoms with E-state index in [0.717, 1.165) is 22.9 Å². The highest BCUT2D eigenvalue weighted by molar-refractivity contribution is 9.10. The van der Waals surface area contributed by atoms with E-state index in [-0.39, 0.29) is 5.91 Å². The Hall–Kier alpha value is -1.09. The van der Waals surface area contributed by atoms with Crippen LogP contribution in [0, 0.1) is 0 Å². The van der Waals surface area contributed by atoms with Crippen molar-refractivity contribution in [3.63, 3.8) is 0 Å². The molecule has 1 amide bonds. The van der Waals surface area contributed by atoms with Gasteiger partial charge in [0.25, 0.3) is 0 Å². The predicted octanol–water partition coefficient (Wildman–Crippen LogP) is 5.43. The molecule has 114 valence electrons. The lowest BCUT2D eigenvalue weighted by Gasteiger charge is -2.25. The summed E-state index contributed by atoms with van der Waals surface area (Å²) in [5.74, 6) is 0.239. The van der Waals surface area contributed by atoms with E-state index in [4.69, 9.17) is 0 Å². The lowest BCUT2D eigenvalue weighted by atomic mass is 10.00. The van der Waals surface area contributed by atoms with Gasteiger partial charge in [-0.05, 0) is 30.9 Å². The van der Waals surface area contributed by atoms with Crippen molar-refractivity contribution >= 4 is 21.8 Å². The highest BCUT2D eigenvalue weighted by atomic mass is 79.9. The lowest BCUT2D eigenvalue weighted by molar-refractivity contribution is -0.129. The van der Waals surface area contributed by atoms with Crippen molar-refractivity contribution in [1.29, 1.82) is 0 Å². The van der Waals surface area contributed by atoms with Gasteiger partial charge in [0.1, 0.15) is 0 Å². The van der Waals surface area contributed by atoms with Gasteiger partial charge in [-0.25, -0.2) is 0 Å². The molecule has 0 fully saturated rings. The Labute approximate surface area is 136 Å². The second-order valence-electron chi connectivity index (χ2n) is 5.71. The van der Waals surface area contributed by atoms with Crippen LogP contribution in [-0.2, 0) is 11.3 Å². The van der Waals surface area contributed by atoms with Gasteiger partial charge < -0.3 is 4.90 Å². The molecule has 0 saturated heterocycles. The monoisotopic (exact) mass is 349 g/mol. The fourth-order valence-electron chi connectivity index (χ4n) is 2.68. The van der Waals surface area contributed by atoms with Crippen LogP contribution in [-0.4, -0.2) is 10.8 Å². The zero-order valence-corrected chi connectivity index (χ0v) is 14.4. The molecule has 0 unspecified atom stereocenters. The Morgan fingerprint density at radius 3 is 2.71 bits per heavy atom. The molecule has 1 aliphatic rings. The Morgan fingerprint density at radius 1 is 1.14 bits per heavy atom. The first-order valence-corrected chi connectivity index (χ1v) is 8.72. The van der Waals surface area contributed by atoms with Crippen molar-refractivity contribution < 1.29 is 4.79 Å². The number of amides is 1. The topological polar surface area (TPSA) is 20.3 Å². The van der Waals surface area contributed by atoms with Gasteiger partial charge in [0, 0.05) is 17.1 Å². The molecule has 0 atom stereocenters. The summed E-state index contributed by atoms with van der Waals surface area (Å²) in [7, 11) is 0. The first-order chi connectivity index (χ1) is 10.2. The summed E-state index contributed by atoms with van der Waals surface area (Å²) >= 11 is 3.56. The van der Waals surface area contributed by atoms with Gasteiger partial charge in [0.2, 0.25) is 5.91 Å². The average molecular weight is 350 g/mol. The summed E-state index contributed by atoms with van der Waals surface area (Å²) in [6.07, 6.45) is 9.96. The van der Waals surface area contributed by atoms with Crippen molar-refractivity contribution in [1.82, 2.24) is 4.90 Å².